The van der Waals surface area contributed by atoms with Crippen LogP contribution in [0.5, 0.6) is 0 Å². The number of nitrogens with zero attached hydrogens (tertiary/aromatic N) is 1. The summed E-state index contributed by atoms with van der Waals surface area (Å²) < 4.78 is 2.73. The normalized spacial score (nSPS) is 38.1. The Labute approximate surface area is 110 Å². The van der Waals surface area contributed by atoms with Crippen molar-refractivity contribution in [3.05, 3.63) is 35.9 Å². The number of rotatable bonds is 1. The van der Waals surface area contributed by atoms with Gasteiger partial charge in [-0.15, -0.1) is 0 Å². The molecule has 0 aromatic heterocycles. The van der Waals surface area contributed by atoms with Crippen LogP contribution in [-0.4, -0.2) is 22.9 Å². The Balaban J connectivity index is 1.81. The predicted molar refractivity (Wildman–Crippen MR) is 74.4 cm³/mol. The van der Waals surface area contributed by atoms with E-state index in [9.17, 15) is 0 Å². The number of hydrogen-bond acceptors (Lipinski definition) is 0. The fourth-order valence-electron chi connectivity index (χ4n) is 4.58. The van der Waals surface area contributed by atoms with Gasteiger partial charge < -0.3 is 0 Å². The second kappa shape index (κ2) is 3.69. The molecule has 0 unspecified atom stereocenters. The molecule has 1 spiro atoms. The molecule has 1 aliphatic carbocycles. The molecule has 3 heterocycles. The maximum atomic E-state index is 2.73. The first-order valence-electron chi connectivity index (χ1n) is 7.52. The van der Waals surface area contributed by atoms with E-state index in [0.29, 0.717) is 11.0 Å². The van der Waals surface area contributed by atoms with E-state index < -0.39 is 0 Å². The summed E-state index contributed by atoms with van der Waals surface area (Å²) in [5.74, 6) is 0. The van der Waals surface area contributed by atoms with Crippen molar-refractivity contribution in [2.24, 2.45) is 0 Å². The first-order chi connectivity index (χ1) is 8.83. The van der Waals surface area contributed by atoms with Crippen LogP contribution in [0.1, 0.15) is 50.5 Å². The molecule has 1 saturated heterocycles. The fourth-order valence-corrected chi connectivity index (χ4v) is 4.58. The van der Waals surface area contributed by atoms with Crippen molar-refractivity contribution >= 4 is 6.21 Å². The van der Waals surface area contributed by atoms with Crippen molar-refractivity contribution in [1.29, 1.82) is 0 Å². The number of piperidine rings is 1. The Bertz CT molecular complexity index is 478. The topological polar surface area (TPSA) is 3.01 Å². The summed E-state index contributed by atoms with van der Waals surface area (Å²) in [5.41, 5.74) is 2.47. The van der Waals surface area contributed by atoms with E-state index in [-0.39, 0.29) is 0 Å². The molecule has 1 aromatic rings. The minimum absolute atomic E-state index is 0.361. The average Bonchev–Trinajstić information content (AvgIpc) is 2.48. The van der Waals surface area contributed by atoms with Crippen LogP contribution in [0.4, 0.5) is 0 Å². The van der Waals surface area contributed by atoms with E-state index in [0.717, 1.165) is 0 Å². The third kappa shape index (κ3) is 1.36. The van der Waals surface area contributed by atoms with Gasteiger partial charge in [0.2, 0.25) is 0 Å². The highest BCUT2D eigenvalue weighted by molar-refractivity contribution is 5.71. The maximum Gasteiger partial charge on any atom is 0.162 e. The van der Waals surface area contributed by atoms with E-state index >= 15 is 0 Å². The quantitative estimate of drug-likeness (QED) is 0.661. The Morgan fingerprint density at radius 3 is 2.39 bits per heavy atom. The first-order valence-corrected chi connectivity index (χ1v) is 7.52. The van der Waals surface area contributed by atoms with Gasteiger partial charge in [-0.2, -0.15) is 0 Å². The molecule has 0 atom stereocenters. The molecule has 1 aromatic carbocycles. The summed E-state index contributed by atoms with van der Waals surface area (Å²) >= 11 is 0. The van der Waals surface area contributed by atoms with Crippen molar-refractivity contribution < 1.29 is 4.58 Å². The molecule has 1 heteroatoms. The largest absolute Gasteiger partial charge is 0.234 e. The fraction of sp³-hybridized carbons (Fsp3) is 0.588. The van der Waals surface area contributed by atoms with Gasteiger partial charge in [0.1, 0.15) is 6.54 Å². The highest BCUT2D eigenvalue weighted by Gasteiger charge is 2.56. The number of benzene rings is 1. The van der Waals surface area contributed by atoms with Crippen LogP contribution in [0, 0.1) is 0 Å². The van der Waals surface area contributed by atoms with Gasteiger partial charge in [-0.3, -0.25) is 0 Å². The number of hydrogen-bond donors (Lipinski definition) is 0. The summed E-state index contributed by atoms with van der Waals surface area (Å²) in [7, 11) is 0. The van der Waals surface area contributed by atoms with Gasteiger partial charge in [-0.1, -0.05) is 30.3 Å². The zero-order chi connectivity index (χ0) is 12.1. The lowest BCUT2D eigenvalue weighted by molar-refractivity contribution is -0.631. The van der Waals surface area contributed by atoms with Gasteiger partial charge in [0, 0.05) is 25.7 Å². The van der Waals surface area contributed by atoms with Crippen molar-refractivity contribution in [2.75, 3.05) is 6.54 Å². The van der Waals surface area contributed by atoms with Crippen LogP contribution in [0.3, 0.4) is 0 Å². The van der Waals surface area contributed by atoms with Gasteiger partial charge in [0.15, 0.2) is 11.8 Å². The first kappa shape index (κ1) is 10.8. The lowest BCUT2D eigenvalue weighted by Crippen LogP contribution is -2.58. The van der Waals surface area contributed by atoms with Gasteiger partial charge >= 0.3 is 0 Å². The standard InChI is InChI=1S/C17H22N/c1-2-6-15(7-3-1)16-9-11-17(12-10-16)8-4-5-13-18(17)14-16/h1-3,6-7,14H,4-5,8-13H2/q+1. The molecule has 94 valence electrons. The average molecular weight is 240 g/mol. The van der Waals surface area contributed by atoms with Crippen LogP contribution in [-0.2, 0) is 5.41 Å². The molecule has 0 amide bonds. The molecule has 18 heavy (non-hydrogen) atoms. The Kier molecular flexibility index (Phi) is 2.21. The summed E-state index contributed by atoms with van der Waals surface area (Å²) in [5, 5.41) is 0. The van der Waals surface area contributed by atoms with Crippen molar-refractivity contribution in [2.45, 2.75) is 55.9 Å². The van der Waals surface area contributed by atoms with Crippen LogP contribution >= 0.6 is 0 Å². The Hall–Kier alpha value is -1.11. The molecule has 2 fully saturated rings. The van der Waals surface area contributed by atoms with Gasteiger partial charge in [0.25, 0.3) is 0 Å². The van der Waals surface area contributed by atoms with E-state index in [1.54, 1.807) is 5.56 Å². The van der Waals surface area contributed by atoms with E-state index in [1.807, 2.05) is 0 Å². The molecule has 4 aliphatic rings. The third-order valence-corrected chi connectivity index (χ3v) is 5.73. The summed E-state index contributed by atoms with van der Waals surface area (Å²) in [6, 6.07) is 11.2. The zero-order valence-corrected chi connectivity index (χ0v) is 11.1. The van der Waals surface area contributed by atoms with Crippen LogP contribution in [0.2, 0.25) is 0 Å². The van der Waals surface area contributed by atoms with Crippen LogP contribution in [0.15, 0.2) is 30.3 Å². The van der Waals surface area contributed by atoms with E-state index in [2.05, 4.69) is 41.1 Å². The van der Waals surface area contributed by atoms with Gasteiger partial charge in [-0.25, -0.2) is 4.58 Å². The second-order valence-electron chi connectivity index (χ2n) is 6.53. The Morgan fingerprint density at radius 1 is 0.833 bits per heavy atom. The summed E-state index contributed by atoms with van der Waals surface area (Å²) in [6.07, 6.45) is 12.5. The SMILES string of the molecule is C1=[N+]2CCCCC23CCC1(c1ccccc1)CC3. The molecular formula is C17H22N+. The van der Waals surface area contributed by atoms with Crippen molar-refractivity contribution in [3.8, 4) is 0 Å². The third-order valence-electron chi connectivity index (χ3n) is 5.73. The monoisotopic (exact) mass is 240 g/mol. The lowest BCUT2D eigenvalue weighted by atomic mass is 9.59. The van der Waals surface area contributed by atoms with Gasteiger partial charge in [0.05, 0.1) is 5.41 Å². The molecule has 0 N–H and O–H groups in total. The van der Waals surface area contributed by atoms with Crippen LogP contribution < -0.4 is 0 Å². The predicted octanol–water partition coefficient (Wildman–Crippen LogP) is 3.52. The highest BCUT2D eigenvalue weighted by Crippen LogP contribution is 2.50. The minimum atomic E-state index is 0.361. The highest BCUT2D eigenvalue weighted by atomic mass is 15.1. The summed E-state index contributed by atoms with van der Waals surface area (Å²) in [4.78, 5) is 0. The minimum Gasteiger partial charge on any atom is -0.234 e. The van der Waals surface area contributed by atoms with E-state index in [4.69, 9.17) is 0 Å². The second-order valence-corrected chi connectivity index (χ2v) is 6.53. The Morgan fingerprint density at radius 2 is 1.61 bits per heavy atom. The zero-order valence-electron chi connectivity index (χ0n) is 11.1. The molecular weight excluding hydrogens is 218 g/mol. The van der Waals surface area contributed by atoms with Crippen molar-refractivity contribution in [1.82, 2.24) is 0 Å². The lowest BCUT2D eigenvalue weighted by Gasteiger charge is -2.49. The maximum absolute atomic E-state index is 2.73. The molecule has 3 aliphatic heterocycles. The van der Waals surface area contributed by atoms with Crippen molar-refractivity contribution in [3.63, 3.8) is 0 Å². The van der Waals surface area contributed by atoms with Gasteiger partial charge in [-0.05, 0) is 24.8 Å². The molecule has 5 rings (SSSR count). The summed E-state index contributed by atoms with van der Waals surface area (Å²) in [6.45, 7) is 1.30. The molecule has 1 nitrogen and oxygen atoms in total. The van der Waals surface area contributed by atoms with E-state index in [1.165, 1.54) is 51.5 Å². The molecule has 1 saturated carbocycles. The molecule has 0 radical (unpaired) electrons. The molecule has 2 bridgehead atoms. The smallest absolute Gasteiger partial charge is 0.162 e. The van der Waals surface area contributed by atoms with Crippen LogP contribution in [0.25, 0.3) is 0 Å². The number of fused-ring (bicyclic) bond motifs is 2.